The van der Waals surface area contributed by atoms with Crippen LogP contribution in [0.25, 0.3) is 0 Å². The first kappa shape index (κ1) is 13.8. The Hall–Kier alpha value is -2.15. The van der Waals surface area contributed by atoms with Gasteiger partial charge in [0.25, 0.3) is 5.91 Å². The lowest BCUT2D eigenvalue weighted by molar-refractivity contribution is -0.00697. The van der Waals surface area contributed by atoms with Crippen LogP contribution in [0.1, 0.15) is 41.7 Å². The quantitative estimate of drug-likeness (QED) is 0.881. The monoisotopic (exact) mass is 289 g/mol. The van der Waals surface area contributed by atoms with E-state index in [0.29, 0.717) is 25.2 Å². The van der Waals surface area contributed by atoms with Gasteiger partial charge in [-0.25, -0.2) is 0 Å². The summed E-state index contributed by atoms with van der Waals surface area (Å²) >= 11 is 0. The molecule has 0 unspecified atom stereocenters. The predicted molar refractivity (Wildman–Crippen MR) is 75.8 cm³/mol. The number of carbonyl (C=O) groups excluding carboxylic acids is 1. The lowest BCUT2D eigenvalue weighted by Gasteiger charge is -2.25. The third-order valence-electron chi connectivity index (χ3n) is 3.63. The first-order valence-corrected chi connectivity index (χ1v) is 7.13. The van der Waals surface area contributed by atoms with Crippen molar-refractivity contribution in [2.45, 2.75) is 39.0 Å². The van der Waals surface area contributed by atoms with Crippen LogP contribution in [0.4, 0.5) is 0 Å². The molecule has 0 saturated carbocycles. The molecule has 21 heavy (non-hydrogen) atoms. The van der Waals surface area contributed by atoms with Gasteiger partial charge in [0.1, 0.15) is 0 Å². The van der Waals surface area contributed by atoms with Gasteiger partial charge in [-0.15, -0.1) is 0 Å². The number of aromatic amines is 1. The molecule has 3 rings (SSSR count). The second-order valence-electron chi connectivity index (χ2n) is 5.28. The number of ether oxygens (including phenoxy) is 1. The van der Waals surface area contributed by atoms with Gasteiger partial charge in [-0.3, -0.25) is 14.6 Å². The molecule has 0 saturated heterocycles. The van der Waals surface area contributed by atoms with E-state index in [1.54, 1.807) is 10.9 Å². The van der Waals surface area contributed by atoms with Gasteiger partial charge in [0.2, 0.25) is 0 Å². The molecule has 1 aliphatic rings. The van der Waals surface area contributed by atoms with Gasteiger partial charge >= 0.3 is 0 Å². The summed E-state index contributed by atoms with van der Waals surface area (Å²) in [5, 5.41) is 14.1. The van der Waals surface area contributed by atoms with E-state index in [4.69, 9.17) is 4.74 Å². The molecule has 0 fully saturated rings. The van der Waals surface area contributed by atoms with Crippen molar-refractivity contribution in [3.05, 3.63) is 35.4 Å². The molecule has 1 aliphatic heterocycles. The summed E-state index contributed by atoms with van der Waals surface area (Å²) in [4.78, 5) is 12.3. The molecule has 0 radical (unpaired) electrons. The maximum Gasteiger partial charge on any atom is 0.272 e. The number of amides is 1. The summed E-state index contributed by atoms with van der Waals surface area (Å²) in [7, 11) is 0. The molecule has 1 amide bonds. The van der Waals surface area contributed by atoms with Crippen molar-refractivity contribution < 1.29 is 9.53 Å². The number of aromatic nitrogens is 4. The minimum atomic E-state index is -0.152. The van der Waals surface area contributed by atoms with E-state index in [1.807, 2.05) is 26.1 Å². The normalized spacial score (nSPS) is 21.0. The Morgan fingerprint density at radius 1 is 1.57 bits per heavy atom. The van der Waals surface area contributed by atoms with E-state index in [0.717, 1.165) is 11.3 Å². The molecule has 0 aromatic carbocycles. The van der Waals surface area contributed by atoms with E-state index in [2.05, 4.69) is 20.6 Å². The maximum absolute atomic E-state index is 12.3. The second kappa shape index (κ2) is 5.69. The molecule has 0 spiro atoms. The molecule has 112 valence electrons. The Kier molecular flexibility index (Phi) is 3.74. The molecule has 7 heteroatoms. The van der Waals surface area contributed by atoms with Gasteiger partial charge in [-0.1, -0.05) is 0 Å². The van der Waals surface area contributed by atoms with Gasteiger partial charge < -0.3 is 10.1 Å². The zero-order chi connectivity index (χ0) is 14.8. The summed E-state index contributed by atoms with van der Waals surface area (Å²) < 4.78 is 7.50. The van der Waals surface area contributed by atoms with Crippen LogP contribution in [0, 0.1) is 0 Å². The predicted octanol–water partition coefficient (Wildman–Crippen LogP) is 1.06. The summed E-state index contributed by atoms with van der Waals surface area (Å²) in [6, 6.07) is 1.86. The van der Waals surface area contributed by atoms with Crippen molar-refractivity contribution >= 4 is 5.91 Å². The van der Waals surface area contributed by atoms with Gasteiger partial charge in [-0.05, 0) is 19.9 Å². The first-order chi connectivity index (χ1) is 10.1. The lowest BCUT2D eigenvalue weighted by atomic mass is 9.99. The summed E-state index contributed by atoms with van der Waals surface area (Å²) in [6.07, 6.45) is 4.33. The van der Waals surface area contributed by atoms with Gasteiger partial charge in [0, 0.05) is 30.9 Å². The number of hydrogen-bond donors (Lipinski definition) is 2. The van der Waals surface area contributed by atoms with E-state index < -0.39 is 0 Å². The van der Waals surface area contributed by atoms with E-state index in [-0.39, 0.29) is 18.1 Å². The largest absolute Gasteiger partial charge is 0.369 e. The SMILES string of the molecule is C[C@@H]1Cc2c(C(=O)NCCn3cccn3)n[nH]c2[C@H](C)O1. The van der Waals surface area contributed by atoms with Crippen LogP contribution in [-0.2, 0) is 17.7 Å². The number of fused-ring (bicyclic) bond motifs is 1. The molecule has 2 aromatic rings. The Balaban J connectivity index is 1.65. The number of nitrogens with zero attached hydrogens (tertiary/aromatic N) is 3. The number of nitrogens with one attached hydrogen (secondary N) is 2. The van der Waals surface area contributed by atoms with Crippen LogP contribution in [0.2, 0.25) is 0 Å². The van der Waals surface area contributed by atoms with Crippen LogP contribution in [0.15, 0.2) is 18.5 Å². The zero-order valence-electron chi connectivity index (χ0n) is 12.2. The molecular weight excluding hydrogens is 270 g/mol. The van der Waals surface area contributed by atoms with E-state index in [9.17, 15) is 4.79 Å². The van der Waals surface area contributed by atoms with Crippen molar-refractivity contribution in [3.63, 3.8) is 0 Å². The van der Waals surface area contributed by atoms with Crippen molar-refractivity contribution in [1.29, 1.82) is 0 Å². The number of H-pyrrole nitrogens is 1. The van der Waals surface area contributed by atoms with Crippen molar-refractivity contribution in [1.82, 2.24) is 25.3 Å². The van der Waals surface area contributed by atoms with Crippen LogP contribution in [-0.4, -0.2) is 38.5 Å². The molecule has 2 N–H and O–H groups in total. The molecular formula is C14H19N5O2. The zero-order valence-corrected chi connectivity index (χ0v) is 12.2. The third-order valence-corrected chi connectivity index (χ3v) is 3.63. The highest BCUT2D eigenvalue weighted by Gasteiger charge is 2.29. The number of hydrogen-bond acceptors (Lipinski definition) is 4. The molecule has 0 bridgehead atoms. The molecule has 3 heterocycles. The average Bonchev–Trinajstić information content (AvgIpc) is 3.07. The second-order valence-corrected chi connectivity index (χ2v) is 5.28. The lowest BCUT2D eigenvalue weighted by Crippen LogP contribution is -2.30. The number of carbonyl (C=O) groups is 1. The Bertz CT molecular complexity index is 619. The molecule has 2 atom stereocenters. The van der Waals surface area contributed by atoms with Gasteiger partial charge in [-0.2, -0.15) is 10.2 Å². The van der Waals surface area contributed by atoms with Crippen molar-refractivity contribution in [3.8, 4) is 0 Å². The average molecular weight is 289 g/mol. The van der Waals surface area contributed by atoms with Crippen LogP contribution in [0.3, 0.4) is 0 Å². The Labute approximate surface area is 122 Å². The first-order valence-electron chi connectivity index (χ1n) is 7.13. The minimum Gasteiger partial charge on any atom is -0.369 e. The fourth-order valence-corrected chi connectivity index (χ4v) is 2.66. The summed E-state index contributed by atoms with van der Waals surface area (Å²) in [6.45, 7) is 5.13. The van der Waals surface area contributed by atoms with Gasteiger partial charge in [0.15, 0.2) is 5.69 Å². The van der Waals surface area contributed by atoms with Crippen molar-refractivity contribution in [2.75, 3.05) is 6.54 Å². The van der Waals surface area contributed by atoms with Crippen molar-refractivity contribution in [2.24, 2.45) is 0 Å². The third kappa shape index (κ3) is 2.82. The van der Waals surface area contributed by atoms with Gasteiger partial charge in [0.05, 0.1) is 24.4 Å². The Morgan fingerprint density at radius 2 is 2.43 bits per heavy atom. The maximum atomic E-state index is 12.3. The van der Waals surface area contributed by atoms with E-state index in [1.165, 1.54) is 0 Å². The standard InChI is InChI=1S/C14H19N5O2/c1-9-8-11-12(10(2)21-9)17-18-13(11)14(20)15-5-7-19-6-3-4-16-19/h3-4,6,9-10H,5,7-8H2,1-2H3,(H,15,20)(H,17,18)/t9-,10+/m1/s1. The van der Waals surface area contributed by atoms with Crippen LogP contribution in [0.5, 0.6) is 0 Å². The fraction of sp³-hybridized carbons (Fsp3) is 0.500. The number of rotatable bonds is 4. The smallest absolute Gasteiger partial charge is 0.272 e. The highest BCUT2D eigenvalue weighted by atomic mass is 16.5. The molecule has 0 aliphatic carbocycles. The van der Waals surface area contributed by atoms with E-state index >= 15 is 0 Å². The molecule has 2 aromatic heterocycles. The molecule has 7 nitrogen and oxygen atoms in total. The summed E-state index contributed by atoms with van der Waals surface area (Å²) in [5.74, 6) is -0.152. The Morgan fingerprint density at radius 3 is 3.19 bits per heavy atom. The summed E-state index contributed by atoms with van der Waals surface area (Å²) in [5.41, 5.74) is 2.36. The highest BCUT2D eigenvalue weighted by molar-refractivity contribution is 5.94. The minimum absolute atomic E-state index is 0.0538. The van der Waals surface area contributed by atoms with Crippen LogP contribution >= 0.6 is 0 Å². The fourth-order valence-electron chi connectivity index (χ4n) is 2.66. The topological polar surface area (TPSA) is 84.8 Å². The van der Waals surface area contributed by atoms with Crippen LogP contribution < -0.4 is 5.32 Å². The highest BCUT2D eigenvalue weighted by Crippen LogP contribution is 2.29.